The third-order valence-electron chi connectivity index (χ3n) is 4.53. The Morgan fingerprint density at radius 1 is 1.21 bits per heavy atom. The molecule has 124 valence electrons. The minimum atomic E-state index is -0.290. The summed E-state index contributed by atoms with van der Waals surface area (Å²) in [7, 11) is 1.98. The fourth-order valence-electron chi connectivity index (χ4n) is 2.98. The first-order chi connectivity index (χ1) is 11.3. The molecule has 1 heterocycles. The molecule has 0 spiro atoms. The fourth-order valence-corrected chi connectivity index (χ4v) is 3.17. The van der Waals surface area contributed by atoms with Crippen LogP contribution in [-0.4, -0.2) is 18.8 Å². The second-order valence-electron chi connectivity index (χ2n) is 6.64. The average molecular weight is 343 g/mol. The van der Waals surface area contributed by atoms with Crippen molar-refractivity contribution < 1.29 is 4.39 Å². The van der Waals surface area contributed by atoms with E-state index in [1.807, 2.05) is 25.2 Å². The number of hydrogen-bond acceptors (Lipinski definition) is 2. The first kappa shape index (κ1) is 16.7. The van der Waals surface area contributed by atoms with Gasteiger partial charge in [-0.1, -0.05) is 29.8 Å². The molecule has 3 rings (SSSR count). The number of fused-ring (bicyclic) bond motifs is 1. The number of anilines is 1. The van der Waals surface area contributed by atoms with Crippen molar-refractivity contribution in [2.24, 2.45) is 4.99 Å². The van der Waals surface area contributed by atoms with Crippen molar-refractivity contribution in [2.45, 2.75) is 26.3 Å². The molecule has 0 amide bonds. The van der Waals surface area contributed by atoms with Crippen molar-refractivity contribution in [1.82, 2.24) is 0 Å². The third-order valence-corrected chi connectivity index (χ3v) is 4.85. The van der Waals surface area contributed by atoms with Gasteiger partial charge in [0, 0.05) is 30.1 Å². The summed E-state index contributed by atoms with van der Waals surface area (Å²) in [5, 5.41) is 0.546. The minimum absolute atomic E-state index is 0.142. The normalized spacial score (nSPS) is 16.2. The molecule has 2 aromatic rings. The van der Waals surface area contributed by atoms with E-state index in [0.717, 1.165) is 16.8 Å². The van der Waals surface area contributed by atoms with E-state index >= 15 is 0 Å². The van der Waals surface area contributed by atoms with Crippen LogP contribution in [0.25, 0.3) is 5.57 Å². The quantitative estimate of drug-likeness (QED) is 0.624. The Morgan fingerprint density at radius 3 is 2.62 bits per heavy atom. The molecule has 0 N–H and O–H groups in total. The largest absolute Gasteiger partial charge is 0.365 e. The van der Waals surface area contributed by atoms with Crippen molar-refractivity contribution in [3.05, 3.63) is 64.4 Å². The van der Waals surface area contributed by atoms with Crippen LogP contribution >= 0.6 is 11.6 Å². The predicted molar refractivity (Wildman–Crippen MR) is 101 cm³/mol. The predicted octanol–water partition coefficient (Wildman–Crippen LogP) is 5.86. The number of para-hydroxylation sites is 1. The van der Waals surface area contributed by atoms with Crippen LogP contribution in [0.15, 0.2) is 47.5 Å². The molecule has 2 aromatic carbocycles. The second kappa shape index (κ2) is 6.06. The molecule has 0 aliphatic carbocycles. The SMILES string of the molecule is CC1=CC(C)(C)N(C)c2cc(F)c(C=Nc3ccccc3Cl)cc21. The van der Waals surface area contributed by atoms with Gasteiger partial charge in [-0.2, -0.15) is 0 Å². The summed E-state index contributed by atoms with van der Waals surface area (Å²) in [5.74, 6) is -0.290. The smallest absolute Gasteiger partial charge is 0.134 e. The van der Waals surface area contributed by atoms with Crippen LogP contribution in [0.5, 0.6) is 0 Å². The Balaban J connectivity index is 2.04. The number of aliphatic imine (C=N–C) groups is 1. The molecular formula is C20H20ClFN2. The van der Waals surface area contributed by atoms with Gasteiger partial charge in [0.2, 0.25) is 0 Å². The van der Waals surface area contributed by atoms with Gasteiger partial charge in [0.1, 0.15) is 5.82 Å². The summed E-state index contributed by atoms with van der Waals surface area (Å²) in [6.07, 6.45) is 3.73. The van der Waals surface area contributed by atoms with E-state index in [4.69, 9.17) is 11.6 Å². The molecular weight excluding hydrogens is 323 g/mol. The zero-order chi connectivity index (χ0) is 17.5. The molecule has 24 heavy (non-hydrogen) atoms. The topological polar surface area (TPSA) is 15.6 Å². The summed E-state index contributed by atoms with van der Waals surface area (Å²) < 4.78 is 14.6. The molecule has 4 heteroatoms. The van der Waals surface area contributed by atoms with Gasteiger partial charge in [0.05, 0.1) is 16.2 Å². The van der Waals surface area contributed by atoms with E-state index < -0.39 is 0 Å². The average Bonchev–Trinajstić information content (AvgIpc) is 2.52. The number of benzene rings is 2. The van der Waals surface area contributed by atoms with Crippen molar-refractivity contribution in [2.75, 3.05) is 11.9 Å². The Hall–Kier alpha value is -2.13. The van der Waals surface area contributed by atoms with Gasteiger partial charge in [0.15, 0.2) is 0 Å². The van der Waals surface area contributed by atoms with Gasteiger partial charge in [0.25, 0.3) is 0 Å². The lowest BCUT2D eigenvalue weighted by atomic mass is 9.88. The van der Waals surface area contributed by atoms with Gasteiger partial charge in [-0.3, -0.25) is 4.99 Å². The van der Waals surface area contributed by atoms with Gasteiger partial charge < -0.3 is 4.90 Å². The summed E-state index contributed by atoms with van der Waals surface area (Å²) in [6, 6.07) is 10.7. The van der Waals surface area contributed by atoms with Crippen molar-refractivity contribution >= 4 is 34.8 Å². The highest BCUT2D eigenvalue weighted by atomic mass is 35.5. The van der Waals surface area contributed by atoms with Gasteiger partial charge in [-0.05, 0) is 50.6 Å². The highest BCUT2D eigenvalue weighted by Gasteiger charge is 2.29. The molecule has 0 bridgehead atoms. The number of halogens is 2. The van der Waals surface area contributed by atoms with Crippen LogP contribution in [0.3, 0.4) is 0 Å². The Labute approximate surface area is 147 Å². The van der Waals surface area contributed by atoms with E-state index in [2.05, 4.69) is 36.7 Å². The molecule has 0 saturated heterocycles. The molecule has 0 fully saturated rings. The Kier molecular flexibility index (Phi) is 4.22. The van der Waals surface area contributed by atoms with Crippen LogP contribution in [0.2, 0.25) is 5.02 Å². The molecule has 0 radical (unpaired) electrons. The van der Waals surface area contributed by atoms with Crippen LogP contribution < -0.4 is 4.90 Å². The van der Waals surface area contributed by atoms with Crippen LogP contribution in [0.4, 0.5) is 15.8 Å². The number of likely N-dealkylation sites (N-methyl/N-ethyl adjacent to an activating group) is 1. The van der Waals surface area contributed by atoms with Crippen LogP contribution in [0, 0.1) is 5.82 Å². The highest BCUT2D eigenvalue weighted by molar-refractivity contribution is 6.33. The molecule has 0 aromatic heterocycles. The molecule has 1 aliphatic heterocycles. The van der Waals surface area contributed by atoms with E-state index in [-0.39, 0.29) is 11.4 Å². The summed E-state index contributed by atoms with van der Waals surface area (Å²) in [6.45, 7) is 6.29. The number of hydrogen-bond donors (Lipinski definition) is 0. The minimum Gasteiger partial charge on any atom is -0.365 e. The second-order valence-corrected chi connectivity index (χ2v) is 7.05. The van der Waals surface area contributed by atoms with E-state index in [1.54, 1.807) is 18.2 Å². The molecule has 1 aliphatic rings. The van der Waals surface area contributed by atoms with Crippen LogP contribution in [0.1, 0.15) is 31.9 Å². The van der Waals surface area contributed by atoms with Crippen molar-refractivity contribution in [3.63, 3.8) is 0 Å². The zero-order valence-electron chi connectivity index (χ0n) is 14.3. The first-order valence-corrected chi connectivity index (χ1v) is 8.23. The molecule has 0 unspecified atom stereocenters. The molecule has 0 saturated carbocycles. The lowest BCUT2D eigenvalue weighted by molar-refractivity contribution is 0.589. The Morgan fingerprint density at radius 2 is 1.92 bits per heavy atom. The summed E-state index contributed by atoms with van der Waals surface area (Å²) >= 11 is 6.10. The molecule has 2 nitrogen and oxygen atoms in total. The summed E-state index contributed by atoms with van der Waals surface area (Å²) in [4.78, 5) is 6.42. The van der Waals surface area contributed by atoms with E-state index in [9.17, 15) is 4.39 Å². The summed E-state index contributed by atoms with van der Waals surface area (Å²) in [5.41, 5.74) is 4.00. The van der Waals surface area contributed by atoms with Crippen molar-refractivity contribution in [1.29, 1.82) is 0 Å². The van der Waals surface area contributed by atoms with Crippen molar-refractivity contribution in [3.8, 4) is 0 Å². The highest BCUT2D eigenvalue weighted by Crippen LogP contribution is 2.38. The monoisotopic (exact) mass is 342 g/mol. The standard InChI is InChI=1S/C20H20ClFN2/c1-13-11-20(2,3)24(4)19-10-17(22)14(9-15(13)19)12-23-18-8-6-5-7-16(18)21/h5-12H,1-4H3. The van der Waals surface area contributed by atoms with Gasteiger partial charge in [-0.15, -0.1) is 0 Å². The number of nitrogens with zero attached hydrogens (tertiary/aromatic N) is 2. The lowest BCUT2D eigenvalue weighted by Gasteiger charge is -2.40. The third kappa shape index (κ3) is 2.96. The van der Waals surface area contributed by atoms with E-state index in [0.29, 0.717) is 16.3 Å². The maximum absolute atomic E-state index is 14.6. The maximum Gasteiger partial charge on any atom is 0.134 e. The maximum atomic E-state index is 14.6. The van der Waals surface area contributed by atoms with Crippen LogP contribution in [-0.2, 0) is 0 Å². The first-order valence-electron chi connectivity index (χ1n) is 7.85. The van der Waals surface area contributed by atoms with E-state index in [1.165, 1.54) is 6.21 Å². The van der Waals surface area contributed by atoms with Gasteiger partial charge in [-0.25, -0.2) is 4.39 Å². The Bertz CT molecular complexity index is 853. The van der Waals surface area contributed by atoms with Gasteiger partial charge >= 0.3 is 0 Å². The molecule has 0 atom stereocenters. The number of rotatable bonds is 2. The zero-order valence-corrected chi connectivity index (χ0v) is 15.0. The lowest BCUT2D eigenvalue weighted by Crippen LogP contribution is -2.42. The number of allylic oxidation sites excluding steroid dienone is 1. The fraction of sp³-hybridized carbons (Fsp3) is 0.250.